The fraction of sp³-hybridized carbons (Fsp3) is 0.571. The maximum atomic E-state index is 15.7. The summed E-state index contributed by atoms with van der Waals surface area (Å²) in [6.45, 7) is 8.13. The largest absolute Gasteiger partial charge is 0.497 e. The number of fused-ring (bicyclic) bond motifs is 4. The first-order chi connectivity index (χ1) is 22.9. The van der Waals surface area contributed by atoms with Crippen molar-refractivity contribution in [2.75, 3.05) is 44.8 Å². The van der Waals surface area contributed by atoms with Crippen LogP contribution in [0.5, 0.6) is 17.5 Å². The Balaban J connectivity index is 1.25. The van der Waals surface area contributed by atoms with E-state index < -0.39 is 23.1 Å². The minimum absolute atomic E-state index is 0.0661. The van der Waals surface area contributed by atoms with Gasteiger partial charge in [0.05, 0.1) is 17.1 Å². The molecule has 0 aliphatic carbocycles. The number of piperazine rings is 1. The van der Waals surface area contributed by atoms with Crippen molar-refractivity contribution in [2.45, 2.75) is 88.9 Å². The van der Waals surface area contributed by atoms with Crippen LogP contribution in [0, 0.1) is 5.82 Å². The van der Waals surface area contributed by atoms with E-state index in [9.17, 15) is 9.18 Å². The Morgan fingerprint density at radius 1 is 1.08 bits per heavy atom. The van der Waals surface area contributed by atoms with Gasteiger partial charge in [-0.2, -0.15) is 9.97 Å². The van der Waals surface area contributed by atoms with E-state index in [0.717, 1.165) is 43.5 Å². The summed E-state index contributed by atoms with van der Waals surface area (Å²) in [7, 11) is 1.61. The number of halogens is 3. The van der Waals surface area contributed by atoms with Crippen LogP contribution < -0.4 is 19.1 Å². The van der Waals surface area contributed by atoms with Gasteiger partial charge in [-0.25, -0.2) is 13.6 Å². The lowest BCUT2D eigenvalue weighted by atomic mass is 9.95. The molecule has 3 aromatic rings. The molecule has 13 heteroatoms. The van der Waals surface area contributed by atoms with Crippen molar-refractivity contribution < 1.29 is 32.5 Å². The molecule has 48 heavy (non-hydrogen) atoms. The summed E-state index contributed by atoms with van der Waals surface area (Å²) in [5.74, 6) is 0.978. The standard InChI is InChI=1S/C35H42BrF2N5O5/c1-34(2,3)48-33(44)41-17-23-8-9-24(18-41)43(23)31-26-14-27(38)28(36)30(46-19-21-6-10-25(45-4)11-7-21)29(26)39-32(40-31)47-20-35-12-5-13-42(35)16-22(37)15-35/h6-7,10-11,14,22-24H,5,8-9,12-13,15-20H2,1-4H3/t22-,23-,24+,35+/m1/s1. The van der Waals surface area contributed by atoms with Crippen LogP contribution in [0.1, 0.15) is 58.4 Å². The Bertz CT molecular complexity index is 1680. The molecule has 1 amide bonds. The molecular formula is C35H42BrF2N5O5. The fourth-order valence-corrected chi connectivity index (χ4v) is 8.21. The molecule has 4 aliphatic heterocycles. The number of ether oxygens (including phenoxy) is 4. The van der Waals surface area contributed by atoms with Gasteiger partial charge in [0.2, 0.25) is 0 Å². The number of aromatic nitrogens is 2. The topological polar surface area (TPSA) is 89.5 Å². The molecule has 4 atom stereocenters. The van der Waals surface area contributed by atoms with Crippen molar-refractivity contribution in [3.8, 4) is 17.5 Å². The summed E-state index contributed by atoms with van der Waals surface area (Å²) < 4.78 is 54.0. The van der Waals surface area contributed by atoms with E-state index in [-0.39, 0.29) is 47.6 Å². The van der Waals surface area contributed by atoms with Gasteiger partial charge in [0.15, 0.2) is 5.75 Å². The lowest BCUT2D eigenvalue weighted by Crippen LogP contribution is -2.56. The molecule has 2 aromatic carbocycles. The normalized spacial score (nSPS) is 25.4. The third-order valence-electron chi connectivity index (χ3n) is 9.95. The second kappa shape index (κ2) is 12.8. The number of rotatable bonds is 8. The van der Waals surface area contributed by atoms with Gasteiger partial charge in [0, 0.05) is 43.5 Å². The Labute approximate surface area is 287 Å². The molecule has 4 aliphatic rings. The van der Waals surface area contributed by atoms with Crippen LogP contribution in [0.25, 0.3) is 10.9 Å². The van der Waals surface area contributed by atoms with Crippen LogP contribution in [-0.4, -0.2) is 95.2 Å². The lowest BCUT2D eigenvalue weighted by Gasteiger charge is -2.42. The van der Waals surface area contributed by atoms with Crippen molar-refractivity contribution in [1.29, 1.82) is 0 Å². The molecule has 258 valence electrons. The number of likely N-dealkylation sites (tertiary alicyclic amines) is 1. The van der Waals surface area contributed by atoms with Crippen LogP contribution in [0.2, 0.25) is 0 Å². The van der Waals surface area contributed by atoms with Gasteiger partial charge >= 0.3 is 12.1 Å². The van der Waals surface area contributed by atoms with E-state index in [1.165, 1.54) is 6.07 Å². The highest BCUT2D eigenvalue weighted by molar-refractivity contribution is 9.10. The van der Waals surface area contributed by atoms with Gasteiger partial charge in [-0.05, 0) is 92.7 Å². The average molecular weight is 731 g/mol. The average Bonchev–Trinajstić information content (AvgIpc) is 3.66. The zero-order chi connectivity index (χ0) is 33.8. The van der Waals surface area contributed by atoms with Crippen LogP contribution >= 0.6 is 15.9 Å². The summed E-state index contributed by atoms with van der Waals surface area (Å²) in [4.78, 5) is 28.9. The first kappa shape index (κ1) is 33.1. The van der Waals surface area contributed by atoms with Crippen molar-refractivity contribution in [3.05, 3.63) is 46.2 Å². The number of amides is 1. The molecule has 0 unspecified atom stereocenters. The molecule has 4 fully saturated rings. The second-order valence-electron chi connectivity index (χ2n) is 14.4. The number of methoxy groups -OCH3 is 1. The zero-order valence-electron chi connectivity index (χ0n) is 27.8. The zero-order valence-corrected chi connectivity index (χ0v) is 29.4. The monoisotopic (exact) mass is 729 g/mol. The Hall–Kier alpha value is -3.45. The van der Waals surface area contributed by atoms with E-state index in [1.807, 2.05) is 45.0 Å². The van der Waals surface area contributed by atoms with Gasteiger partial charge in [0.1, 0.15) is 47.9 Å². The highest BCUT2D eigenvalue weighted by Gasteiger charge is 2.50. The molecule has 0 saturated carbocycles. The Morgan fingerprint density at radius 2 is 1.81 bits per heavy atom. The smallest absolute Gasteiger partial charge is 0.410 e. The molecule has 1 aromatic heterocycles. The van der Waals surface area contributed by atoms with Crippen LogP contribution in [0.3, 0.4) is 0 Å². The van der Waals surface area contributed by atoms with Crippen molar-refractivity contribution in [2.24, 2.45) is 0 Å². The van der Waals surface area contributed by atoms with E-state index in [4.69, 9.17) is 28.9 Å². The molecule has 5 heterocycles. The quantitative estimate of drug-likeness (QED) is 0.253. The summed E-state index contributed by atoms with van der Waals surface area (Å²) in [5.41, 5.74) is 0.268. The Kier molecular flexibility index (Phi) is 8.80. The number of carbonyl (C=O) groups is 1. The van der Waals surface area contributed by atoms with Gasteiger partial charge in [-0.1, -0.05) is 12.1 Å². The number of benzene rings is 2. The molecule has 0 N–H and O–H groups in total. The van der Waals surface area contributed by atoms with E-state index in [1.54, 1.807) is 12.0 Å². The third kappa shape index (κ3) is 6.35. The minimum Gasteiger partial charge on any atom is -0.497 e. The van der Waals surface area contributed by atoms with Crippen molar-refractivity contribution >= 4 is 38.7 Å². The fourth-order valence-electron chi connectivity index (χ4n) is 7.79. The van der Waals surface area contributed by atoms with Gasteiger partial charge in [-0.15, -0.1) is 0 Å². The molecule has 0 spiro atoms. The van der Waals surface area contributed by atoms with Crippen molar-refractivity contribution in [1.82, 2.24) is 19.8 Å². The van der Waals surface area contributed by atoms with Crippen molar-refractivity contribution in [3.63, 3.8) is 0 Å². The second-order valence-corrected chi connectivity index (χ2v) is 15.2. The number of hydrogen-bond acceptors (Lipinski definition) is 9. The first-order valence-corrected chi connectivity index (χ1v) is 17.5. The molecule has 7 rings (SSSR count). The van der Waals surface area contributed by atoms with Gasteiger partial charge in [0.25, 0.3) is 0 Å². The van der Waals surface area contributed by atoms with Gasteiger partial charge in [-0.3, -0.25) is 4.90 Å². The number of carbonyl (C=O) groups excluding carboxylic acids is 1. The maximum Gasteiger partial charge on any atom is 0.410 e. The molecule has 4 saturated heterocycles. The predicted molar refractivity (Wildman–Crippen MR) is 180 cm³/mol. The van der Waals surface area contributed by atoms with E-state index >= 15 is 4.39 Å². The molecule has 10 nitrogen and oxygen atoms in total. The van der Waals surface area contributed by atoms with Crippen LogP contribution in [-0.2, 0) is 11.3 Å². The number of nitrogens with zero attached hydrogens (tertiary/aromatic N) is 5. The third-order valence-corrected chi connectivity index (χ3v) is 10.7. The maximum absolute atomic E-state index is 15.7. The van der Waals surface area contributed by atoms with Gasteiger partial charge < -0.3 is 28.7 Å². The lowest BCUT2D eigenvalue weighted by molar-refractivity contribution is 0.0209. The summed E-state index contributed by atoms with van der Waals surface area (Å²) in [6.07, 6.45) is 2.68. The molecule has 2 bridgehead atoms. The number of hydrogen-bond donors (Lipinski definition) is 0. The number of alkyl halides is 1. The first-order valence-electron chi connectivity index (χ1n) is 16.7. The van der Waals surface area contributed by atoms with E-state index in [0.29, 0.717) is 42.8 Å². The summed E-state index contributed by atoms with van der Waals surface area (Å²) >= 11 is 3.42. The molecular weight excluding hydrogens is 688 g/mol. The highest BCUT2D eigenvalue weighted by atomic mass is 79.9. The predicted octanol–water partition coefficient (Wildman–Crippen LogP) is 6.66. The molecule has 0 radical (unpaired) electrons. The number of anilines is 1. The van der Waals surface area contributed by atoms with Crippen LogP contribution in [0.4, 0.5) is 19.4 Å². The minimum atomic E-state index is -0.893. The van der Waals surface area contributed by atoms with Crippen LogP contribution in [0.15, 0.2) is 34.8 Å². The highest BCUT2D eigenvalue weighted by Crippen LogP contribution is 2.45. The van der Waals surface area contributed by atoms with E-state index in [2.05, 4.69) is 25.7 Å². The SMILES string of the molecule is COc1ccc(COc2c(Br)c(F)cc3c(N4[C@@H]5CC[C@H]4CN(C(=O)OC(C)(C)C)C5)nc(OC[C@@]45CCCN4C[C@H](F)C5)nc23)cc1. The summed E-state index contributed by atoms with van der Waals surface area (Å²) in [5, 5.41) is 0.487. The Morgan fingerprint density at radius 3 is 2.50 bits per heavy atom. The summed E-state index contributed by atoms with van der Waals surface area (Å²) in [6, 6.07) is 8.88.